The summed E-state index contributed by atoms with van der Waals surface area (Å²) in [7, 11) is 0. The number of nitrogens with one attached hydrogen (secondary N) is 1. The fourth-order valence-corrected chi connectivity index (χ4v) is 3.20. The van der Waals surface area contributed by atoms with Crippen molar-refractivity contribution in [2.45, 2.75) is 52.5 Å². The third kappa shape index (κ3) is 3.66. The van der Waals surface area contributed by atoms with Crippen LogP contribution in [0.15, 0.2) is 0 Å². The summed E-state index contributed by atoms with van der Waals surface area (Å²) in [5.74, 6) is 0.00736. The minimum absolute atomic E-state index is 0.00736. The monoisotopic (exact) mass is 285 g/mol. The van der Waals surface area contributed by atoms with Crippen molar-refractivity contribution in [1.29, 1.82) is 0 Å². The first-order chi connectivity index (χ1) is 9.00. The van der Waals surface area contributed by atoms with Crippen LogP contribution in [0.4, 0.5) is 0 Å². The topological polar surface area (TPSA) is 58.4 Å². The fraction of sp³-hybridized carbons (Fsp3) is 0.857. The molecular weight excluding hydrogens is 258 g/mol. The number of hydrogen-bond acceptors (Lipinski definition) is 3. The summed E-state index contributed by atoms with van der Waals surface area (Å²) in [6.07, 6.45) is 3.50. The first kappa shape index (κ1) is 16.4. The van der Waals surface area contributed by atoms with Crippen molar-refractivity contribution in [3.8, 4) is 0 Å². The molecule has 0 spiro atoms. The Bertz CT molecular complexity index is 329. The van der Waals surface area contributed by atoms with Gasteiger partial charge in [-0.25, -0.2) is 0 Å². The predicted molar refractivity (Wildman–Crippen MR) is 83.1 cm³/mol. The van der Waals surface area contributed by atoms with E-state index in [9.17, 15) is 4.79 Å². The van der Waals surface area contributed by atoms with Crippen LogP contribution in [0, 0.1) is 5.41 Å². The van der Waals surface area contributed by atoms with Gasteiger partial charge in [-0.3, -0.25) is 4.79 Å². The summed E-state index contributed by atoms with van der Waals surface area (Å²) in [5.41, 5.74) is 5.14. The number of thiocarbonyl (C=S) groups is 1. The number of likely N-dealkylation sites (tertiary alicyclic amines) is 1. The molecule has 1 atom stereocenters. The van der Waals surface area contributed by atoms with Crippen LogP contribution in [-0.4, -0.2) is 41.5 Å². The van der Waals surface area contributed by atoms with Gasteiger partial charge in [-0.1, -0.05) is 33.0 Å². The van der Waals surface area contributed by atoms with Crippen molar-refractivity contribution in [2.24, 2.45) is 11.1 Å². The number of likely N-dealkylation sites (N-methyl/N-ethyl adjacent to an activating group) is 1. The Morgan fingerprint density at radius 1 is 1.42 bits per heavy atom. The van der Waals surface area contributed by atoms with Gasteiger partial charge in [0.25, 0.3) is 0 Å². The highest BCUT2D eigenvalue weighted by Gasteiger charge is 2.39. The number of hydrogen-bond donors (Lipinski definition) is 2. The number of carbonyl (C=O) groups is 1. The average Bonchev–Trinajstić information content (AvgIpc) is 2.40. The lowest BCUT2D eigenvalue weighted by molar-refractivity contribution is -0.129. The molecule has 0 aromatic rings. The van der Waals surface area contributed by atoms with Crippen LogP contribution in [0.3, 0.4) is 0 Å². The molecule has 1 fully saturated rings. The first-order valence-corrected chi connectivity index (χ1v) is 7.74. The largest absolute Gasteiger partial charge is 0.392 e. The summed E-state index contributed by atoms with van der Waals surface area (Å²) in [6.45, 7) is 9.20. The van der Waals surface area contributed by atoms with Gasteiger partial charge in [0.1, 0.15) is 0 Å². The Kier molecular flexibility index (Phi) is 6.20. The average molecular weight is 285 g/mol. The first-order valence-electron chi connectivity index (χ1n) is 7.33. The Labute approximate surface area is 122 Å². The number of nitrogens with zero attached hydrogens (tertiary/aromatic N) is 1. The van der Waals surface area contributed by atoms with E-state index < -0.39 is 5.41 Å². The fourth-order valence-electron chi connectivity index (χ4n) is 2.82. The van der Waals surface area contributed by atoms with E-state index in [1.165, 1.54) is 0 Å². The quantitative estimate of drug-likeness (QED) is 0.729. The minimum atomic E-state index is -0.677. The second kappa shape index (κ2) is 7.20. The molecule has 0 aliphatic carbocycles. The molecule has 1 rings (SSSR count). The molecule has 0 radical (unpaired) electrons. The molecule has 0 saturated carbocycles. The maximum Gasteiger partial charge on any atom is 0.233 e. The molecule has 0 bridgehead atoms. The molecule has 0 aromatic heterocycles. The van der Waals surface area contributed by atoms with E-state index in [0.717, 1.165) is 32.5 Å². The molecule has 1 heterocycles. The Morgan fingerprint density at radius 3 is 2.53 bits per heavy atom. The predicted octanol–water partition coefficient (Wildman–Crippen LogP) is 1.68. The molecule has 1 aliphatic rings. The Hall–Kier alpha value is -0.680. The number of piperidine rings is 1. The highest BCUT2D eigenvalue weighted by atomic mass is 32.1. The van der Waals surface area contributed by atoms with Crippen LogP contribution >= 0.6 is 12.2 Å². The van der Waals surface area contributed by atoms with Crippen LogP contribution in [0.25, 0.3) is 0 Å². The molecule has 3 N–H and O–H groups in total. The van der Waals surface area contributed by atoms with E-state index in [4.69, 9.17) is 18.0 Å². The third-order valence-electron chi connectivity index (χ3n) is 4.40. The number of rotatable bonds is 6. The van der Waals surface area contributed by atoms with E-state index >= 15 is 0 Å². The van der Waals surface area contributed by atoms with Gasteiger partial charge in [0.2, 0.25) is 5.91 Å². The molecule has 19 heavy (non-hydrogen) atoms. The van der Waals surface area contributed by atoms with Crippen molar-refractivity contribution < 1.29 is 4.79 Å². The molecular formula is C14H27N3OS. The summed E-state index contributed by atoms with van der Waals surface area (Å²) in [5, 5.41) is 3.16. The Balaban J connectivity index is 2.69. The van der Waals surface area contributed by atoms with Crippen LogP contribution in [0.2, 0.25) is 0 Å². The number of amides is 1. The lowest BCUT2D eigenvalue weighted by atomic mass is 9.81. The highest BCUT2D eigenvalue weighted by molar-refractivity contribution is 7.80. The second-order valence-electron chi connectivity index (χ2n) is 5.36. The summed E-state index contributed by atoms with van der Waals surface area (Å²) in [6, 6.07) is 0.230. The molecule has 1 saturated heterocycles. The zero-order chi connectivity index (χ0) is 14.5. The summed E-state index contributed by atoms with van der Waals surface area (Å²) < 4.78 is 0. The van der Waals surface area contributed by atoms with Crippen molar-refractivity contribution in [3.63, 3.8) is 0 Å². The van der Waals surface area contributed by atoms with Crippen molar-refractivity contribution in [2.75, 3.05) is 19.6 Å². The highest BCUT2D eigenvalue weighted by Crippen LogP contribution is 2.27. The maximum atomic E-state index is 12.5. The normalized spacial score (nSPS) is 21.1. The molecule has 1 aliphatic heterocycles. The third-order valence-corrected chi connectivity index (χ3v) is 4.79. The van der Waals surface area contributed by atoms with Gasteiger partial charge in [-0.2, -0.15) is 0 Å². The minimum Gasteiger partial charge on any atom is -0.392 e. The van der Waals surface area contributed by atoms with E-state index in [0.29, 0.717) is 17.8 Å². The van der Waals surface area contributed by atoms with Gasteiger partial charge >= 0.3 is 0 Å². The zero-order valence-electron chi connectivity index (χ0n) is 12.4. The van der Waals surface area contributed by atoms with Gasteiger partial charge in [0.15, 0.2) is 0 Å². The van der Waals surface area contributed by atoms with Crippen LogP contribution in [-0.2, 0) is 4.79 Å². The Morgan fingerprint density at radius 2 is 2.05 bits per heavy atom. The molecule has 1 amide bonds. The molecule has 4 nitrogen and oxygen atoms in total. The van der Waals surface area contributed by atoms with Gasteiger partial charge in [-0.15, -0.1) is 0 Å². The molecule has 110 valence electrons. The standard InChI is InChI=1S/C14H27N3OS/c1-4-14(5-2,12(15)19)13(18)16-11-8-7-9-17(6-3)10-11/h11H,4-10H2,1-3H3,(H2,15,19)(H,16,18). The van der Waals surface area contributed by atoms with Crippen LogP contribution < -0.4 is 11.1 Å². The van der Waals surface area contributed by atoms with Gasteiger partial charge in [-0.05, 0) is 38.8 Å². The van der Waals surface area contributed by atoms with Crippen molar-refractivity contribution in [1.82, 2.24) is 10.2 Å². The van der Waals surface area contributed by atoms with Gasteiger partial charge < -0.3 is 16.0 Å². The second-order valence-corrected chi connectivity index (χ2v) is 5.80. The van der Waals surface area contributed by atoms with Gasteiger partial charge in [0.05, 0.1) is 10.4 Å². The van der Waals surface area contributed by atoms with Crippen molar-refractivity contribution >= 4 is 23.1 Å². The molecule has 0 aromatic carbocycles. The van der Waals surface area contributed by atoms with Crippen LogP contribution in [0.5, 0.6) is 0 Å². The van der Waals surface area contributed by atoms with E-state index in [2.05, 4.69) is 17.1 Å². The van der Waals surface area contributed by atoms with E-state index in [-0.39, 0.29) is 11.9 Å². The zero-order valence-corrected chi connectivity index (χ0v) is 13.2. The number of nitrogens with two attached hydrogens (primary N) is 1. The molecule has 5 heteroatoms. The van der Waals surface area contributed by atoms with E-state index in [1.807, 2.05) is 13.8 Å². The SMILES string of the molecule is CCN1CCCC(NC(=O)C(CC)(CC)C(N)=S)C1. The maximum absolute atomic E-state index is 12.5. The lowest BCUT2D eigenvalue weighted by Gasteiger charge is -2.36. The van der Waals surface area contributed by atoms with Gasteiger partial charge in [0, 0.05) is 12.6 Å². The van der Waals surface area contributed by atoms with Crippen molar-refractivity contribution in [3.05, 3.63) is 0 Å². The molecule has 1 unspecified atom stereocenters. The van der Waals surface area contributed by atoms with E-state index in [1.54, 1.807) is 0 Å². The number of carbonyl (C=O) groups excluding carboxylic acids is 1. The summed E-state index contributed by atoms with van der Waals surface area (Å²) >= 11 is 5.12. The van der Waals surface area contributed by atoms with Crippen LogP contribution in [0.1, 0.15) is 46.5 Å². The smallest absolute Gasteiger partial charge is 0.233 e. The lowest BCUT2D eigenvalue weighted by Crippen LogP contribution is -2.54. The summed E-state index contributed by atoms with van der Waals surface area (Å²) in [4.78, 5) is 15.2.